The van der Waals surface area contributed by atoms with Crippen molar-refractivity contribution in [3.05, 3.63) is 16.1 Å². The Bertz CT molecular complexity index is 424. The molecule has 1 amide bonds. The summed E-state index contributed by atoms with van der Waals surface area (Å²) in [6.07, 6.45) is 4.54. The number of nitrogens with two attached hydrogens (primary N) is 1. The zero-order valence-corrected chi connectivity index (χ0v) is 11.8. The number of aromatic nitrogens is 1. The predicted octanol–water partition coefficient (Wildman–Crippen LogP) is 2.29. The molecule has 1 heterocycles. The molecule has 100 valence electrons. The van der Waals surface area contributed by atoms with Crippen molar-refractivity contribution in [1.29, 1.82) is 0 Å². The van der Waals surface area contributed by atoms with Crippen molar-refractivity contribution < 1.29 is 4.79 Å². The minimum atomic E-state index is -0.653. The molecule has 0 aliphatic heterocycles. The summed E-state index contributed by atoms with van der Waals surface area (Å²) in [7, 11) is 0. The minimum absolute atomic E-state index is 0.00257. The topological polar surface area (TPSA) is 68.0 Å². The molecule has 18 heavy (non-hydrogen) atoms. The highest BCUT2D eigenvalue weighted by molar-refractivity contribution is 7.09. The highest BCUT2D eigenvalue weighted by atomic mass is 32.1. The van der Waals surface area contributed by atoms with Gasteiger partial charge in [-0.05, 0) is 26.2 Å². The second kappa shape index (κ2) is 5.36. The van der Waals surface area contributed by atoms with E-state index in [1.807, 2.05) is 12.3 Å². The van der Waals surface area contributed by atoms with Crippen LogP contribution in [0.5, 0.6) is 0 Å². The van der Waals surface area contributed by atoms with Crippen LogP contribution in [0.4, 0.5) is 0 Å². The summed E-state index contributed by atoms with van der Waals surface area (Å²) in [5, 5.41) is 6.05. The van der Waals surface area contributed by atoms with Gasteiger partial charge < -0.3 is 11.1 Å². The number of aryl methyl sites for hydroxylation is 1. The van der Waals surface area contributed by atoms with E-state index >= 15 is 0 Å². The monoisotopic (exact) mass is 267 g/mol. The van der Waals surface area contributed by atoms with Gasteiger partial charge in [-0.3, -0.25) is 4.79 Å². The predicted molar refractivity (Wildman–Crippen MR) is 73.4 cm³/mol. The molecule has 0 aromatic carbocycles. The lowest BCUT2D eigenvalue weighted by atomic mass is 9.97. The van der Waals surface area contributed by atoms with E-state index < -0.39 is 5.54 Å². The van der Waals surface area contributed by atoms with Crippen molar-refractivity contribution in [3.8, 4) is 0 Å². The van der Waals surface area contributed by atoms with Gasteiger partial charge in [0.15, 0.2) is 0 Å². The van der Waals surface area contributed by atoms with E-state index in [2.05, 4.69) is 17.2 Å². The van der Waals surface area contributed by atoms with Gasteiger partial charge in [-0.2, -0.15) is 0 Å². The van der Waals surface area contributed by atoms with Crippen LogP contribution in [0.2, 0.25) is 0 Å². The second-order valence-corrected chi connectivity index (χ2v) is 6.01. The van der Waals surface area contributed by atoms with Crippen LogP contribution in [-0.2, 0) is 4.79 Å². The lowest BCUT2D eigenvalue weighted by Gasteiger charge is -2.25. The molecule has 0 saturated heterocycles. The molecule has 2 rings (SSSR count). The van der Waals surface area contributed by atoms with Crippen molar-refractivity contribution in [3.63, 3.8) is 0 Å². The first kappa shape index (κ1) is 13.5. The van der Waals surface area contributed by atoms with E-state index in [0.29, 0.717) is 0 Å². The number of carbonyl (C=O) groups is 1. The fourth-order valence-electron chi connectivity index (χ4n) is 2.41. The summed E-state index contributed by atoms with van der Waals surface area (Å²) in [6.45, 7) is 4.02. The maximum Gasteiger partial charge on any atom is 0.240 e. The van der Waals surface area contributed by atoms with E-state index in [9.17, 15) is 4.79 Å². The Morgan fingerprint density at radius 3 is 2.78 bits per heavy atom. The number of amides is 1. The normalized spacial score (nSPS) is 19.7. The third-order valence-electron chi connectivity index (χ3n) is 3.60. The van der Waals surface area contributed by atoms with Gasteiger partial charge in [0.05, 0.1) is 11.6 Å². The SMILES string of the molecule is CCC(NC(=O)C1(N)CCCC1)c1nc(C)cs1. The average Bonchev–Trinajstić information content (AvgIpc) is 2.96. The molecule has 1 fully saturated rings. The van der Waals surface area contributed by atoms with Crippen molar-refractivity contribution in [2.45, 2.75) is 57.5 Å². The maximum absolute atomic E-state index is 12.3. The molecule has 5 heteroatoms. The third kappa shape index (κ3) is 2.72. The highest BCUT2D eigenvalue weighted by Gasteiger charge is 2.38. The lowest BCUT2D eigenvalue weighted by Crippen LogP contribution is -2.52. The van der Waals surface area contributed by atoms with E-state index in [0.717, 1.165) is 42.8 Å². The Kier molecular flexibility index (Phi) is 4.02. The zero-order valence-electron chi connectivity index (χ0n) is 11.0. The van der Waals surface area contributed by atoms with Crippen LogP contribution in [0.1, 0.15) is 55.8 Å². The summed E-state index contributed by atoms with van der Waals surface area (Å²) in [5.74, 6) is -0.0142. The molecule has 4 nitrogen and oxygen atoms in total. The summed E-state index contributed by atoms with van der Waals surface area (Å²) in [5.41, 5.74) is 6.51. The van der Waals surface area contributed by atoms with E-state index in [4.69, 9.17) is 5.73 Å². The molecule has 1 saturated carbocycles. The first-order valence-electron chi connectivity index (χ1n) is 6.57. The van der Waals surface area contributed by atoms with E-state index in [1.165, 1.54) is 0 Å². The molecule has 1 atom stereocenters. The number of hydrogen-bond acceptors (Lipinski definition) is 4. The van der Waals surface area contributed by atoms with Gasteiger partial charge in [0, 0.05) is 11.1 Å². The maximum atomic E-state index is 12.3. The first-order chi connectivity index (χ1) is 8.55. The van der Waals surface area contributed by atoms with Gasteiger partial charge in [-0.1, -0.05) is 19.8 Å². The Morgan fingerprint density at radius 2 is 2.28 bits per heavy atom. The van der Waals surface area contributed by atoms with Gasteiger partial charge in [0.25, 0.3) is 0 Å². The number of thiazole rings is 1. The molecule has 3 N–H and O–H groups in total. The number of nitrogens with one attached hydrogen (secondary N) is 1. The Hall–Kier alpha value is -0.940. The van der Waals surface area contributed by atoms with Gasteiger partial charge in [-0.15, -0.1) is 11.3 Å². The molecule has 0 spiro atoms. The van der Waals surface area contributed by atoms with Gasteiger partial charge >= 0.3 is 0 Å². The van der Waals surface area contributed by atoms with Crippen LogP contribution in [0, 0.1) is 6.92 Å². The molecular weight excluding hydrogens is 246 g/mol. The quantitative estimate of drug-likeness (QED) is 0.879. The third-order valence-corrected chi connectivity index (χ3v) is 4.67. The molecular formula is C13H21N3OS. The molecule has 1 aliphatic rings. The average molecular weight is 267 g/mol. The Labute approximate surface area is 112 Å². The van der Waals surface area contributed by atoms with Gasteiger partial charge in [-0.25, -0.2) is 4.98 Å². The molecule has 0 radical (unpaired) electrons. The van der Waals surface area contributed by atoms with Crippen LogP contribution < -0.4 is 11.1 Å². The van der Waals surface area contributed by atoms with Crippen LogP contribution in [0.25, 0.3) is 0 Å². The summed E-state index contributed by atoms with van der Waals surface area (Å²) >= 11 is 1.60. The van der Waals surface area contributed by atoms with Gasteiger partial charge in [0.2, 0.25) is 5.91 Å². The van der Waals surface area contributed by atoms with Crippen molar-refractivity contribution >= 4 is 17.2 Å². The second-order valence-electron chi connectivity index (χ2n) is 5.12. The molecule has 1 aromatic heterocycles. The minimum Gasteiger partial charge on any atom is -0.345 e. The Balaban J connectivity index is 2.04. The van der Waals surface area contributed by atoms with Crippen LogP contribution in [0.15, 0.2) is 5.38 Å². The van der Waals surface area contributed by atoms with Crippen molar-refractivity contribution in [1.82, 2.24) is 10.3 Å². The standard InChI is InChI=1S/C13H21N3OS/c1-3-10(11-15-9(2)8-18-11)16-12(17)13(14)6-4-5-7-13/h8,10H,3-7,14H2,1-2H3,(H,16,17). The molecule has 0 bridgehead atoms. The van der Waals surface area contributed by atoms with Crippen molar-refractivity contribution in [2.24, 2.45) is 5.73 Å². The number of nitrogens with zero attached hydrogens (tertiary/aromatic N) is 1. The molecule has 1 aromatic rings. The van der Waals surface area contributed by atoms with E-state index in [1.54, 1.807) is 11.3 Å². The van der Waals surface area contributed by atoms with Crippen LogP contribution in [0.3, 0.4) is 0 Å². The van der Waals surface area contributed by atoms with E-state index in [-0.39, 0.29) is 11.9 Å². The lowest BCUT2D eigenvalue weighted by molar-refractivity contribution is -0.127. The Morgan fingerprint density at radius 1 is 1.61 bits per heavy atom. The fraction of sp³-hybridized carbons (Fsp3) is 0.692. The summed E-state index contributed by atoms with van der Waals surface area (Å²) in [4.78, 5) is 16.7. The molecule has 1 aliphatic carbocycles. The number of hydrogen-bond donors (Lipinski definition) is 2. The zero-order chi connectivity index (χ0) is 13.2. The van der Waals surface area contributed by atoms with Crippen molar-refractivity contribution in [2.75, 3.05) is 0 Å². The number of carbonyl (C=O) groups excluding carboxylic acids is 1. The number of rotatable bonds is 4. The largest absolute Gasteiger partial charge is 0.345 e. The van der Waals surface area contributed by atoms with Gasteiger partial charge in [0.1, 0.15) is 5.01 Å². The summed E-state index contributed by atoms with van der Waals surface area (Å²) < 4.78 is 0. The van der Waals surface area contributed by atoms with Crippen LogP contribution in [-0.4, -0.2) is 16.4 Å². The van der Waals surface area contributed by atoms with Crippen LogP contribution >= 0.6 is 11.3 Å². The smallest absolute Gasteiger partial charge is 0.240 e. The molecule has 1 unspecified atom stereocenters. The fourth-order valence-corrected chi connectivity index (χ4v) is 3.34. The first-order valence-corrected chi connectivity index (χ1v) is 7.45. The highest BCUT2D eigenvalue weighted by Crippen LogP contribution is 2.29. The summed E-state index contributed by atoms with van der Waals surface area (Å²) in [6, 6.07) is -0.00257.